The molecule has 1 aromatic heterocycles. The number of carbonyl (C=O) groups is 1. The molecule has 5 nitrogen and oxygen atoms in total. The van der Waals surface area contributed by atoms with Crippen molar-refractivity contribution < 1.29 is 18.7 Å². The van der Waals surface area contributed by atoms with Crippen LogP contribution in [0.2, 0.25) is 0 Å². The highest BCUT2D eigenvalue weighted by atomic mass is 16.5. The van der Waals surface area contributed by atoms with Crippen molar-refractivity contribution in [2.75, 3.05) is 7.11 Å². The Morgan fingerprint density at radius 1 is 1.04 bits per heavy atom. The first-order chi connectivity index (χ1) is 11.7. The molecule has 3 aromatic rings. The molecule has 24 heavy (non-hydrogen) atoms. The van der Waals surface area contributed by atoms with Gasteiger partial charge in [0, 0.05) is 6.42 Å². The summed E-state index contributed by atoms with van der Waals surface area (Å²) in [5.41, 5.74) is 1.12. The predicted octanol–water partition coefficient (Wildman–Crippen LogP) is 3.05. The molecule has 4 rings (SSSR count). The zero-order valence-electron chi connectivity index (χ0n) is 12.9. The van der Waals surface area contributed by atoms with Crippen LogP contribution in [0, 0.1) is 0 Å². The highest BCUT2D eigenvalue weighted by Crippen LogP contribution is 2.36. The minimum absolute atomic E-state index is 0.258. The summed E-state index contributed by atoms with van der Waals surface area (Å²) in [5, 5.41) is 0.633. The fraction of sp³-hybridized carbons (Fsp3) is 0.158. The van der Waals surface area contributed by atoms with E-state index >= 15 is 0 Å². The van der Waals surface area contributed by atoms with Crippen molar-refractivity contribution in [1.82, 2.24) is 0 Å². The fourth-order valence-corrected chi connectivity index (χ4v) is 3.00. The van der Waals surface area contributed by atoms with Gasteiger partial charge in [0.05, 0.1) is 24.0 Å². The van der Waals surface area contributed by atoms with Crippen molar-refractivity contribution in [2.24, 2.45) is 0 Å². The molecule has 120 valence electrons. The maximum absolute atomic E-state index is 12.5. The average molecular weight is 322 g/mol. The Balaban J connectivity index is 1.80. The lowest BCUT2D eigenvalue weighted by Gasteiger charge is -2.23. The summed E-state index contributed by atoms with van der Waals surface area (Å²) in [4.78, 5) is 24.8. The quantitative estimate of drug-likeness (QED) is 0.536. The molecule has 2 heterocycles. The van der Waals surface area contributed by atoms with Crippen molar-refractivity contribution >= 4 is 16.9 Å². The zero-order valence-corrected chi connectivity index (χ0v) is 12.9. The Labute approximate surface area is 137 Å². The number of carbonyl (C=O) groups excluding carboxylic acids is 1. The predicted molar refractivity (Wildman–Crippen MR) is 87.6 cm³/mol. The van der Waals surface area contributed by atoms with Crippen molar-refractivity contribution in [1.29, 1.82) is 0 Å². The molecule has 1 unspecified atom stereocenters. The maximum Gasteiger partial charge on any atom is 0.343 e. The average Bonchev–Trinajstić information content (AvgIpc) is 2.61. The van der Waals surface area contributed by atoms with E-state index in [4.69, 9.17) is 13.9 Å². The second-order valence-electron chi connectivity index (χ2n) is 5.64. The van der Waals surface area contributed by atoms with Crippen LogP contribution in [-0.4, -0.2) is 13.1 Å². The summed E-state index contributed by atoms with van der Waals surface area (Å²) >= 11 is 0. The van der Waals surface area contributed by atoms with Crippen molar-refractivity contribution in [2.45, 2.75) is 12.3 Å². The molecule has 2 aromatic carbocycles. The van der Waals surface area contributed by atoms with E-state index in [0.717, 1.165) is 5.56 Å². The van der Waals surface area contributed by atoms with Crippen LogP contribution < -0.4 is 15.1 Å². The first-order valence-electron chi connectivity index (χ1n) is 7.57. The topological polar surface area (TPSA) is 65.7 Å². The Kier molecular flexibility index (Phi) is 3.34. The molecule has 0 amide bonds. The second-order valence-corrected chi connectivity index (χ2v) is 5.64. The van der Waals surface area contributed by atoms with Crippen LogP contribution in [0.5, 0.6) is 11.5 Å². The number of hydrogen-bond acceptors (Lipinski definition) is 5. The Bertz CT molecular complexity index is 985. The minimum Gasteiger partial charge on any atom is -0.497 e. The van der Waals surface area contributed by atoms with E-state index in [1.807, 2.05) is 6.07 Å². The van der Waals surface area contributed by atoms with Crippen LogP contribution in [0.1, 0.15) is 17.0 Å². The van der Waals surface area contributed by atoms with Crippen LogP contribution in [-0.2, 0) is 11.2 Å². The first kappa shape index (κ1) is 14.5. The van der Waals surface area contributed by atoms with E-state index in [-0.39, 0.29) is 12.4 Å². The van der Waals surface area contributed by atoms with E-state index in [0.29, 0.717) is 28.0 Å². The third kappa shape index (κ3) is 2.25. The number of methoxy groups -OCH3 is 1. The lowest BCUT2D eigenvalue weighted by molar-refractivity contribution is -0.137. The highest BCUT2D eigenvalue weighted by Gasteiger charge is 2.33. The van der Waals surface area contributed by atoms with E-state index < -0.39 is 11.5 Å². The molecular formula is C19H14O5. The van der Waals surface area contributed by atoms with Crippen LogP contribution in [0.3, 0.4) is 0 Å². The number of hydrogen-bond donors (Lipinski definition) is 0. The van der Waals surface area contributed by atoms with E-state index in [9.17, 15) is 9.59 Å². The highest BCUT2D eigenvalue weighted by molar-refractivity contribution is 5.91. The normalized spacial score (nSPS) is 16.5. The SMILES string of the molecule is COc1ccc(C2Cc3c(c4ccccc4oc3=O)OC2=O)cc1. The number of esters is 1. The van der Waals surface area contributed by atoms with Crippen molar-refractivity contribution in [3.63, 3.8) is 0 Å². The van der Waals surface area contributed by atoms with E-state index in [2.05, 4.69) is 0 Å². The smallest absolute Gasteiger partial charge is 0.343 e. The van der Waals surface area contributed by atoms with Crippen LogP contribution in [0.4, 0.5) is 0 Å². The molecule has 0 bridgehead atoms. The number of benzene rings is 2. The van der Waals surface area contributed by atoms with E-state index in [1.165, 1.54) is 0 Å². The molecule has 0 N–H and O–H groups in total. The van der Waals surface area contributed by atoms with E-state index in [1.54, 1.807) is 49.6 Å². The minimum atomic E-state index is -0.535. The van der Waals surface area contributed by atoms with Gasteiger partial charge in [-0.2, -0.15) is 0 Å². The summed E-state index contributed by atoms with van der Waals surface area (Å²) in [5.74, 6) is 0.112. The zero-order chi connectivity index (χ0) is 16.7. The molecular weight excluding hydrogens is 308 g/mol. The van der Waals surface area contributed by atoms with Crippen LogP contribution in [0.15, 0.2) is 57.7 Å². The van der Waals surface area contributed by atoms with Gasteiger partial charge in [-0.15, -0.1) is 0 Å². The molecule has 0 saturated carbocycles. The molecule has 0 spiro atoms. The molecule has 0 radical (unpaired) electrons. The summed E-state index contributed by atoms with van der Waals surface area (Å²) in [6.45, 7) is 0. The van der Waals surface area contributed by atoms with Crippen LogP contribution in [0.25, 0.3) is 11.0 Å². The number of fused-ring (bicyclic) bond motifs is 3. The molecule has 0 saturated heterocycles. The van der Waals surface area contributed by atoms with Gasteiger partial charge in [-0.25, -0.2) is 4.79 Å². The lowest BCUT2D eigenvalue weighted by Crippen LogP contribution is -2.29. The molecule has 1 atom stereocenters. The third-order valence-electron chi connectivity index (χ3n) is 4.27. The standard InChI is InChI=1S/C19H14O5/c1-22-12-8-6-11(7-9-12)14-10-15-17(24-18(14)20)13-4-2-3-5-16(13)23-19(15)21/h2-9,14H,10H2,1H3. The Morgan fingerprint density at radius 2 is 1.79 bits per heavy atom. The monoisotopic (exact) mass is 322 g/mol. The number of ether oxygens (including phenoxy) is 2. The van der Waals surface area contributed by atoms with Gasteiger partial charge < -0.3 is 13.9 Å². The third-order valence-corrected chi connectivity index (χ3v) is 4.27. The summed E-state index contributed by atoms with van der Waals surface area (Å²) in [6, 6.07) is 14.2. The second kappa shape index (κ2) is 5.53. The van der Waals surface area contributed by atoms with Crippen molar-refractivity contribution in [3.05, 3.63) is 70.1 Å². The Morgan fingerprint density at radius 3 is 2.54 bits per heavy atom. The van der Waals surface area contributed by atoms with Gasteiger partial charge in [-0.3, -0.25) is 4.79 Å². The number of para-hydroxylation sites is 1. The van der Waals surface area contributed by atoms with Gasteiger partial charge in [0.2, 0.25) is 0 Å². The number of rotatable bonds is 2. The molecule has 0 aliphatic carbocycles. The van der Waals surface area contributed by atoms with Gasteiger partial charge in [0.15, 0.2) is 5.75 Å². The summed E-state index contributed by atoms with van der Waals surface area (Å²) in [6.07, 6.45) is 0.258. The molecule has 0 fully saturated rings. The molecule has 1 aliphatic rings. The lowest BCUT2D eigenvalue weighted by atomic mass is 9.90. The maximum atomic E-state index is 12.5. The Hall–Kier alpha value is -3.08. The van der Waals surface area contributed by atoms with Gasteiger partial charge in [-0.1, -0.05) is 24.3 Å². The van der Waals surface area contributed by atoms with Gasteiger partial charge in [0.25, 0.3) is 0 Å². The fourth-order valence-electron chi connectivity index (χ4n) is 3.00. The van der Waals surface area contributed by atoms with Gasteiger partial charge in [0.1, 0.15) is 11.3 Å². The molecule has 5 heteroatoms. The van der Waals surface area contributed by atoms with Crippen molar-refractivity contribution in [3.8, 4) is 11.5 Å². The molecule has 1 aliphatic heterocycles. The largest absolute Gasteiger partial charge is 0.497 e. The van der Waals surface area contributed by atoms with Gasteiger partial charge in [-0.05, 0) is 29.8 Å². The summed E-state index contributed by atoms with van der Waals surface area (Å²) < 4.78 is 16.0. The van der Waals surface area contributed by atoms with Gasteiger partial charge >= 0.3 is 11.6 Å². The van der Waals surface area contributed by atoms with Crippen LogP contribution >= 0.6 is 0 Å². The first-order valence-corrected chi connectivity index (χ1v) is 7.57. The summed E-state index contributed by atoms with van der Waals surface area (Å²) in [7, 11) is 1.58.